The molecule has 2 saturated heterocycles. The highest BCUT2D eigenvalue weighted by Crippen LogP contribution is 2.39. The van der Waals surface area contributed by atoms with E-state index in [0.29, 0.717) is 25.6 Å². The number of anilines is 1. The predicted molar refractivity (Wildman–Crippen MR) is 117 cm³/mol. The van der Waals surface area contributed by atoms with E-state index >= 15 is 0 Å². The summed E-state index contributed by atoms with van der Waals surface area (Å²) in [5.74, 6) is 1.97. The van der Waals surface area contributed by atoms with Gasteiger partial charge in [-0.1, -0.05) is 12.1 Å². The van der Waals surface area contributed by atoms with Gasteiger partial charge in [-0.15, -0.1) is 0 Å². The highest BCUT2D eigenvalue weighted by molar-refractivity contribution is 5.86. The van der Waals surface area contributed by atoms with Crippen LogP contribution in [0.2, 0.25) is 0 Å². The SMILES string of the molecule is COc1cccc(CC2(C(=O)N3CCCC(N(C)C)C3)CN(c3ccncn3)C2)c1. The highest BCUT2D eigenvalue weighted by Gasteiger charge is 2.51. The monoisotopic (exact) mass is 409 g/mol. The third-order valence-electron chi connectivity index (χ3n) is 6.42. The quantitative estimate of drug-likeness (QED) is 0.728. The number of hydrogen-bond acceptors (Lipinski definition) is 6. The average molecular weight is 410 g/mol. The summed E-state index contributed by atoms with van der Waals surface area (Å²) in [6, 6.07) is 10.4. The van der Waals surface area contributed by atoms with Gasteiger partial charge in [-0.2, -0.15) is 0 Å². The number of aromatic nitrogens is 2. The minimum atomic E-state index is -0.439. The molecule has 2 fully saturated rings. The Balaban J connectivity index is 1.57. The Labute approximate surface area is 178 Å². The van der Waals surface area contributed by atoms with Crippen molar-refractivity contribution in [1.29, 1.82) is 0 Å². The fourth-order valence-electron chi connectivity index (χ4n) is 4.71. The number of likely N-dealkylation sites (tertiary alicyclic amines) is 1. The lowest BCUT2D eigenvalue weighted by atomic mass is 9.73. The Morgan fingerprint density at radius 3 is 2.83 bits per heavy atom. The summed E-state index contributed by atoms with van der Waals surface area (Å²) in [7, 11) is 5.88. The molecule has 1 amide bonds. The molecule has 2 aliphatic rings. The number of amides is 1. The van der Waals surface area contributed by atoms with Gasteiger partial charge in [0.15, 0.2) is 0 Å². The van der Waals surface area contributed by atoms with Crippen LogP contribution in [-0.4, -0.2) is 79.1 Å². The van der Waals surface area contributed by atoms with Gasteiger partial charge in [-0.25, -0.2) is 9.97 Å². The van der Waals surface area contributed by atoms with Crippen LogP contribution in [0.4, 0.5) is 5.82 Å². The number of ether oxygens (including phenoxy) is 1. The molecule has 160 valence electrons. The molecule has 1 aromatic heterocycles. The van der Waals surface area contributed by atoms with Crippen LogP contribution >= 0.6 is 0 Å². The van der Waals surface area contributed by atoms with Gasteiger partial charge in [-0.05, 0) is 57.1 Å². The number of rotatable bonds is 6. The fourth-order valence-corrected chi connectivity index (χ4v) is 4.71. The average Bonchev–Trinajstić information content (AvgIpc) is 2.76. The van der Waals surface area contributed by atoms with E-state index in [1.807, 2.05) is 24.3 Å². The summed E-state index contributed by atoms with van der Waals surface area (Å²) < 4.78 is 5.40. The number of piperidine rings is 1. The molecular weight excluding hydrogens is 378 g/mol. The molecule has 3 heterocycles. The maximum atomic E-state index is 13.8. The molecule has 0 aliphatic carbocycles. The van der Waals surface area contributed by atoms with Gasteiger partial charge >= 0.3 is 0 Å². The van der Waals surface area contributed by atoms with Crippen molar-refractivity contribution in [2.24, 2.45) is 5.41 Å². The van der Waals surface area contributed by atoms with Crippen molar-refractivity contribution >= 4 is 11.7 Å². The summed E-state index contributed by atoms with van der Waals surface area (Å²) >= 11 is 0. The lowest BCUT2D eigenvalue weighted by Gasteiger charge is -2.52. The van der Waals surface area contributed by atoms with E-state index in [4.69, 9.17) is 4.74 Å². The van der Waals surface area contributed by atoms with Gasteiger partial charge in [0.25, 0.3) is 0 Å². The van der Waals surface area contributed by atoms with E-state index in [9.17, 15) is 4.79 Å². The molecule has 4 rings (SSSR count). The molecule has 0 saturated carbocycles. The predicted octanol–water partition coefficient (Wildman–Crippen LogP) is 2.09. The molecule has 7 heteroatoms. The Morgan fingerprint density at radius 1 is 1.30 bits per heavy atom. The van der Waals surface area contributed by atoms with Crippen molar-refractivity contribution in [2.45, 2.75) is 25.3 Å². The highest BCUT2D eigenvalue weighted by atomic mass is 16.5. The maximum absolute atomic E-state index is 13.8. The summed E-state index contributed by atoms with van der Waals surface area (Å²) in [5.41, 5.74) is 0.692. The van der Waals surface area contributed by atoms with Gasteiger partial charge in [0.2, 0.25) is 5.91 Å². The van der Waals surface area contributed by atoms with Gasteiger partial charge < -0.3 is 19.4 Å². The Bertz CT molecular complexity index is 867. The molecule has 0 bridgehead atoms. The Hall–Kier alpha value is -2.67. The van der Waals surface area contributed by atoms with Crippen LogP contribution in [0.5, 0.6) is 5.75 Å². The van der Waals surface area contributed by atoms with Crippen molar-refractivity contribution in [3.05, 3.63) is 48.4 Å². The van der Waals surface area contributed by atoms with Crippen molar-refractivity contribution in [3.63, 3.8) is 0 Å². The van der Waals surface area contributed by atoms with Crippen LogP contribution in [0.15, 0.2) is 42.9 Å². The zero-order valence-corrected chi connectivity index (χ0v) is 18.1. The minimum Gasteiger partial charge on any atom is -0.497 e. The Kier molecular flexibility index (Phi) is 5.90. The first kappa shape index (κ1) is 20.6. The second kappa shape index (κ2) is 8.60. The summed E-state index contributed by atoms with van der Waals surface area (Å²) in [6.07, 6.45) is 6.21. The molecule has 0 N–H and O–H groups in total. The molecule has 7 nitrogen and oxygen atoms in total. The number of benzene rings is 1. The number of likely N-dealkylation sites (N-methyl/N-ethyl adjacent to an activating group) is 1. The number of carbonyl (C=O) groups excluding carboxylic acids is 1. The molecule has 30 heavy (non-hydrogen) atoms. The van der Waals surface area contributed by atoms with Crippen molar-refractivity contribution in [3.8, 4) is 5.75 Å². The number of methoxy groups -OCH3 is 1. The zero-order valence-electron chi connectivity index (χ0n) is 18.1. The van der Waals surface area contributed by atoms with Crippen LogP contribution in [0.3, 0.4) is 0 Å². The van der Waals surface area contributed by atoms with Gasteiger partial charge in [0, 0.05) is 38.4 Å². The van der Waals surface area contributed by atoms with Crippen molar-refractivity contribution < 1.29 is 9.53 Å². The van der Waals surface area contributed by atoms with Crippen molar-refractivity contribution in [2.75, 3.05) is 52.3 Å². The molecule has 0 radical (unpaired) electrons. The van der Waals surface area contributed by atoms with E-state index < -0.39 is 5.41 Å². The molecule has 0 spiro atoms. The first-order chi connectivity index (χ1) is 14.5. The standard InChI is InChI=1S/C23H31N5O2/c1-26(2)19-7-5-11-27(14-19)22(29)23(13-18-6-4-8-20(12-18)30-3)15-28(16-23)21-9-10-24-17-25-21/h4,6,8-10,12,17,19H,5,7,11,13-16H2,1-3H3. The largest absolute Gasteiger partial charge is 0.497 e. The van der Waals surface area contributed by atoms with Crippen LogP contribution in [0, 0.1) is 5.41 Å². The third kappa shape index (κ3) is 4.12. The summed E-state index contributed by atoms with van der Waals surface area (Å²) in [4.78, 5) is 28.7. The van der Waals surface area contributed by atoms with E-state index in [0.717, 1.165) is 43.1 Å². The van der Waals surface area contributed by atoms with Crippen molar-refractivity contribution in [1.82, 2.24) is 19.8 Å². The minimum absolute atomic E-state index is 0.266. The lowest BCUT2D eigenvalue weighted by molar-refractivity contribution is -0.146. The normalized spacial score (nSPS) is 20.7. The number of carbonyl (C=O) groups is 1. The topological polar surface area (TPSA) is 61.8 Å². The molecular formula is C23H31N5O2. The van der Waals surface area contributed by atoms with Gasteiger partial charge in [0.05, 0.1) is 12.5 Å². The summed E-state index contributed by atoms with van der Waals surface area (Å²) in [6.45, 7) is 2.99. The van der Waals surface area contributed by atoms with E-state index in [1.54, 1.807) is 19.6 Å². The van der Waals surface area contributed by atoms with E-state index in [1.165, 1.54) is 0 Å². The van der Waals surface area contributed by atoms with Crippen LogP contribution in [0.1, 0.15) is 18.4 Å². The first-order valence-corrected chi connectivity index (χ1v) is 10.6. The zero-order chi connectivity index (χ0) is 21.1. The molecule has 1 unspecified atom stereocenters. The first-order valence-electron chi connectivity index (χ1n) is 10.6. The van der Waals surface area contributed by atoms with Gasteiger partial charge in [-0.3, -0.25) is 4.79 Å². The number of hydrogen-bond donors (Lipinski definition) is 0. The van der Waals surface area contributed by atoms with Crippen LogP contribution in [0.25, 0.3) is 0 Å². The second-order valence-electron chi connectivity index (χ2n) is 8.74. The second-order valence-corrected chi connectivity index (χ2v) is 8.74. The summed E-state index contributed by atoms with van der Waals surface area (Å²) in [5, 5.41) is 0. The Morgan fingerprint density at radius 2 is 2.13 bits per heavy atom. The molecule has 1 atom stereocenters. The maximum Gasteiger partial charge on any atom is 0.232 e. The van der Waals surface area contributed by atoms with Crippen LogP contribution in [-0.2, 0) is 11.2 Å². The molecule has 1 aromatic carbocycles. The molecule has 2 aromatic rings. The van der Waals surface area contributed by atoms with E-state index in [-0.39, 0.29) is 5.91 Å². The number of nitrogens with zero attached hydrogens (tertiary/aromatic N) is 5. The lowest BCUT2D eigenvalue weighted by Crippen LogP contribution is -2.66. The van der Waals surface area contributed by atoms with E-state index in [2.05, 4.69) is 44.8 Å². The third-order valence-corrected chi connectivity index (χ3v) is 6.42. The van der Waals surface area contributed by atoms with Gasteiger partial charge in [0.1, 0.15) is 17.9 Å². The fraction of sp³-hybridized carbons (Fsp3) is 0.522. The molecule has 2 aliphatic heterocycles. The smallest absolute Gasteiger partial charge is 0.232 e. The van der Waals surface area contributed by atoms with Crippen LogP contribution < -0.4 is 9.64 Å².